The summed E-state index contributed by atoms with van der Waals surface area (Å²) in [6, 6.07) is 6.59. The fraction of sp³-hybridized carbons (Fsp3) is 0. The number of hydrogen-bond donors (Lipinski definition) is 5. The second-order valence-corrected chi connectivity index (χ2v) is 4.32. The second kappa shape index (κ2) is 5.46. The standard InChI is InChI=1S/C15H12O6/c16-10-4-3-8(5-11(10)17)1-2-9-6-12(18)14(15(20)21)13(19)7-9/h1-7,16-19H,(H,20,21)/b2-1+. The first-order chi connectivity index (χ1) is 9.88. The van der Waals surface area contributed by atoms with Crippen molar-refractivity contribution in [2.24, 2.45) is 0 Å². The predicted octanol–water partition coefficient (Wildman–Crippen LogP) is 2.38. The average molecular weight is 288 g/mol. The van der Waals surface area contributed by atoms with Crippen LogP contribution in [0.1, 0.15) is 21.5 Å². The van der Waals surface area contributed by atoms with Gasteiger partial charge in [0.05, 0.1) is 0 Å². The number of benzene rings is 2. The largest absolute Gasteiger partial charge is 0.507 e. The fourth-order valence-electron chi connectivity index (χ4n) is 1.78. The number of aromatic hydroxyl groups is 4. The lowest BCUT2D eigenvalue weighted by Crippen LogP contribution is -1.97. The molecule has 0 fully saturated rings. The van der Waals surface area contributed by atoms with Crippen molar-refractivity contribution >= 4 is 18.1 Å². The van der Waals surface area contributed by atoms with Gasteiger partial charge in [-0.05, 0) is 35.4 Å². The van der Waals surface area contributed by atoms with Crippen molar-refractivity contribution in [2.45, 2.75) is 0 Å². The molecule has 0 amide bonds. The number of carboxylic acids is 1. The first-order valence-electron chi connectivity index (χ1n) is 5.88. The third kappa shape index (κ3) is 3.06. The Morgan fingerprint density at radius 1 is 0.762 bits per heavy atom. The van der Waals surface area contributed by atoms with Crippen LogP contribution in [0.4, 0.5) is 0 Å². The maximum absolute atomic E-state index is 10.8. The van der Waals surface area contributed by atoms with Crippen LogP contribution >= 0.6 is 0 Å². The molecule has 5 N–H and O–H groups in total. The highest BCUT2D eigenvalue weighted by Gasteiger charge is 2.15. The van der Waals surface area contributed by atoms with Gasteiger partial charge in [-0.1, -0.05) is 18.2 Å². The number of carboxylic acid groups (broad SMARTS) is 1. The fourth-order valence-corrected chi connectivity index (χ4v) is 1.78. The zero-order valence-corrected chi connectivity index (χ0v) is 10.7. The van der Waals surface area contributed by atoms with Gasteiger partial charge in [-0.15, -0.1) is 0 Å². The van der Waals surface area contributed by atoms with Crippen molar-refractivity contribution in [3.05, 3.63) is 47.0 Å². The molecule has 0 heterocycles. The van der Waals surface area contributed by atoms with Gasteiger partial charge in [0, 0.05) is 0 Å². The molecule has 0 bridgehead atoms. The molecule has 0 aliphatic rings. The summed E-state index contributed by atoms with van der Waals surface area (Å²) in [5.41, 5.74) is 0.392. The van der Waals surface area contributed by atoms with Gasteiger partial charge in [0.15, 0.2) is 11.5 Å². The topological polar surface area (TPSA) is 118 Å². The van der Waals surface area contributed by atoms with Gasteiger partial charge in [0.2, 0.25) is 0 Å². The maximum Gasteiger partial charge on any atom is 0.343 e. The summed E-state index contributed by atoms with van der Waals surface area (Å²) in [5, 5.41) is 46.5. The molecule has 0 aliphatic heterocycles. The minimum atomic E-state index is -1.43. The van der Waals surface area contributed by atoms with Crippen LogP contribution in [0.3, 0.4) is 0 Å². The molecule has 6 nitrogen and oxygen atoms in total. The van der Waals surface area contributed by atoms with E-state index in [-0.39, 0.29) is 11.5 Å². The smallest absolute Gasteiger partial charge is 0.343 e. The molecule has 0 unspecified atom stereocenters. The predicted molar refractivity (Wildman–Crippen MR) is 75.4 cm³/mol. The minimum Gasteiger partial charge on any atom is -0.507 e. The highest BCUT2D eigenvalue weighted by Crippen LogP contribution is 2.30. The van der Waals surface area contributed by atoms with Crippen LogP contribution in [0.25, 0.3) is 12.2 Å². The number of phenols is 4. The van der Waals surface area contributed by atoms with E-state index in [1.165, 1.54) is 30.3 Å². The van der Waals surface area contributed by atoms with E-state index < -0.39 is 23.0 Å². The van der Waals surface area contributed by atoms with E-state index in [2.05, 4.69) is 0 Å². The van der Waals surface area contributed by atoms with E-state index in [4.69, 9.17) is 5.11 Å². The van der Waals surface area contributed by atoms with E-state index in [1.54, 1.807) is 12.1 Å². The number of hydrogen-bond acceptors (Lipinski definition) is 5. The summed E-state index contributed by atoms with van der Waals surface area (Å²) < 4.78 is 0. The number of carbonyl (C=O) groups is 1. The average Bonchev–Trinajstić information content (AvgIpc) is 2.39. The van der Waals surface area contributed by atoms with Crippen molar-refractivity contribution in [3.63, 3.8) is 0 Å². The monoisotopic (exact) mass is 288 g/mol. The zero-order chi connectivity index (χ0) is 15.6. The quantitative estimate of drug-likeness (QED) is 0.437. The summed E-state index contributed by atoms with van der Waals surface area (Å²) in [4.78, 5) is 10.8. The van der Waals surface area contributed by atoms with E-state index >= 15 is 0 Å². The lowest BCUT2D eigenvalue weighted by Gasteiger charge is -2.04. The molecule has 0 atom stereocenters. The molecule has 0 spiro atoms. The van der Waals surface area contributed by atoms with E-state index in [0.717, 1.165) is 0 Å². The van der Waals surface area contributed by atoms with E-state index in [9.17, 15) is 25.2 Å². The molecule has 2 rings (SSSR count). The molecule has 0 aromatic heterocycles. The summed E-state index contributed by atoms with van der Waals surface area (Å²) in [6.07, 6.45) is 3.07. The molecular formula is C15H12O6. The van der Waals surface area contributed by atoms with Gasteiger partial charge in [-0.25, -0.2) is 4.79 Å². The van der Waals surface area contributed by atoms with Gasteiger partial charge in [0.25, 0.3) is 0 Å². The summed E-state index contributed by atoms with van der Waals surface area (Å²) in [6.45, 7) is 0. The Morgan fingerprint density at radius 3 is 1.81 bits per heavy atom. The lowest BCUT2D eigenvalue weighted by molar-refractivity contribution is 0.0690. The molecule has 0 saturated heterocycles. The summed E-state index contributed by atoms with van der Waals surface area (Å²) in [5.74, 6) is -3.03. The van der Waals surface area contributed by atoms with Gasteiger partial charge in [-0.2, -0.15) is 0 Å². The normalized spacial score (nSPS) is 10.9. The Labute approximate surface area is 119 Å². The molecule has 2 aromatic rings. The van der Waals surface area contributed by atoms with Gasteiger partial charge < -0.3 is 25.5 Å². The Morgan fingerprint density at radius 2 is 1.29 bits per heavy atom. The van der Waals surface area contributed by atoms with Crippen LogP contribution in [-0.4, -0.2) is 31.5 Å². The third-order valence-corrected chi connectivity index (χ3v) is 2.80. The van der Waals surface area contributed by atoms with Crippen LogP contribution in [0.5, 0.6) is 23.0 Å². The molecule has 2 aromatic carbocycles. The molecular weight excluding hydrogens is 276 g/mol. The van der Waals surface area contributed by atoms with Crippen LogP contribution < -0.4 is 0 Å². The Balaban J connectivity index is 2.33. The highest BCUT2D eigenvalue weighted by atomic mass is 16.4. The molecule has 0 radical (unpaired) electrons. The van der Waals surface area contributed by atoms with Gasteiger partial charge in [-0.3, -0.25) is 0 Å². The summed E-state index contributed by atoms with van der Waals surface area (Å²) >= 11 is 0. The van der Waals surface area contributed by atoms with Crippen molar-refractivity contribution in [3.8, 4) is 23.0 Å². The van der Waals surface area contributed by atoms with Crippen molar-refractivity contribution < 1.29 is 30.3 Å². The number of aromatic carboxylic acids is 1. The second-order valence-electron chi connectivity index (χ2n) is 4.32. The summed E-state index contributed by atoms with van der Waals surface area (Å²) in [7, 11) is 0. The number of phenolic OH excluding ortho intramolecular Hbond substituents is 2. The molecule has 6 heteroatoms. The van der Waals surface area contributed by atoms with Gasteiger partial charge >= 0.3 is 5.97 Å². The highest BCUT2D eigenvalue weighted by molar-refractivity contribution is 5.94. The molecule has 108 valence electrons. The minimum absolute atomic E-state index is 0.242. The molecule has 0 aliphatic carbocycles. The molecule has 21 heavy (non-hydrogen) atoms. The van der Waals surface area contributed by atoms with Crippen LogP contribution in [-0.2, 0) is 0 Å². The van der Waals surface area contributed by atoms with Crippen LogP contribution in [0.15, 0.2) is 30.3 Å². The number of rotatable bonds is 3. The zero-order valence-electron chi connectivity index (χ0n) is 10.7. The van der Waals surface area contributed by atoms with Gasteiger partial charge in [0.1, 0.15) is 17.1 Å². The maximum atomic E-state index is 10.8. The Hall–Kier alpha value is -3.15. The SMILES string of the molecule is O=C(O)c1c(O)cc(/C=C/c2ccc(O)c(O)c2)cc1O. The Bertz CT molecular complexity index is 710. The van der Waals surface area contributed by atoms with E-state index in [0.29, 0.717) is 11.1 Å². The first-order valence-corrected chi connectivity index (χ1v) is 5.88. The van der Waals surface area contributed by atoms with Crippen molar-refractivity contribution in [2.75, 3.05) is 0 Å². The van der Waals surface area contributed by atoms with Crippen molar-refractivity contribution in [1.82, 2.24) is 0 Å². The van der Waals surface area contributed by atoms with E-state index in [1.807, 2.05) is 0 Å². The van der Waals surface area contributed by atoms with Crippen LogP contribution in [0, 0.1) is 0 Å². The lowest BCUT2D eigenvalue weighted by atomic mass is 10.1. The molecule has 0 saturated carbocycles. The third-order valence-electron chi connectivity index (χ3n) is 2.80. The first kappa shape index (κ1) is 14.3. The van der Waals surface area contributed by atoms with Crippen molar-refractivity contribution in [1.29, 1.82) is 0 Å². The van der Waals surface area contributed by atoms with Crippen LogP contribution in [0.2, 0.25) is 0 Å². The Kier molecular flexibility index (Phi) is 3.71.